The molecule has 0 amide bonds. The Morgan fingerprint density at radius 2 is 1.83 bits per heavy atom. The number of aryl methyl sites for hydroxylation is 1. The SMILES string of the molecule is COC(=O)c1ccc(CN2CCN(CCCc3ccccc3)[C@@H](CCO)C2)cc1. The summed E-state index contributed by atoms with van der Waals surface area (Å²) in [4.78, 5) is 16.6. The molecule has 1 aliphatic rings. The third-order valence-corrected chi connectivity index (χ3v) is 5.69. The van der Waals surface area contributed by atoms with Crippen LogP contribution in [0.2, 0.25) is 0 Å². The predicted octanol–water partition coefficient (Wildman–Crippen LogP) is 2.97. The molecular weight excluding hydrogens is 364 g/mol. The molecule has 2 aromatic carbocycles. The molecule has 0 bridgehead atoms. The Labute approximate surface area is 173 Å². The van der Waals surface area contributed by atoms with Gasteiger partial charge in [-0.2, -0.15) is 0 Å². The molecule has 29 heavy (non-hydrogen) atoms. The molecular formula is C24H32N2O3. The molecule has 0 aromatic heterocycles. The van der Waals surface area contributed by atoms with Gasteiger partial charge < -0.3 is 9.84 Å². The molecule has 1 N–H and O–H groups in total. The van der Waals surface area contributed by atoms with E-state index < -0.39 is 0 Å². The van der Waals surface area contributed by atoms with Crippen molar-refractivity contribution < 1.29 is 14.6 Å². The number of ether oxygens (including phenoxy) is 1. The van der Waals surface area contributed by atoms with Crippen LogP contribution in [-0.2, 0) is 17.7 Å². The van der Waals surface area contributed by atoms with Crippen molar-refractivity contribution in [1.29, 1.82) is 0 Å². The van der Waals surface area contributed by atoms with Crippen LogP contribution in [0.25, 0.3) is 0 Å². The quantitative estimate of drug-likeness (QED) is 0.661. The lowest BCUT2D eigenvalue weighted by Gasteiger charge is -2.41. The molecule has 1 saturated heterocycles. The molecule has 0 spiro atoms. The Bertz CT molecular complexity index is 748. The van der Waals surface area contributed by atoms with Gasteiger partial charge in [-0.05, 0) is 49.1 Å². The largest absolute Gasteiger partial charge is 0.465 e. The molecule has 0 radical (unpaired) electrons. The Morgan fingerprint density at radius 1 is 1.07 bits per heavy atom. The van der Waals surface area contributed by atoms with E-state index in [-0.39, 0.29) is 12.6 Å². The maximum absolute atomic E-state index is 11.6. The highest BCUT2D eigenvalue weighted by molar-refractivity contribution is 5.89. The molecule has 0 saturated carbocycles. The first kappa shape index (κ1) is 21.5. The number of hydrogen-bond donors (Lipinski definition) is 1. The van der Waals surface area contributed by atoms with Crippen LogP contribution < -0.4 is 0 Å². The van der Waals surface area contributed by atoms with Gasteiger partial charge in [-0.1, -0.05) is 42.5 Å². The van der Waals surface area contributed by atoms with E-state index in [1.165, 1.54) is 18.2 Å². The Morgan fingerprint density at radius 3 is 2.52 bits per heavy atom. The van der Waals surface area contributed by atoms with Crippen LogP contribution in [0.3, 0.4) is 0 Å². The summed E-state index contributed by atoms with van der Waals surface area (Å²) in [6.45, 7) is 5.17. The van der Waals surface area contributed by atoms with Crippen molar-refractivity contribution in [1.82, 2.24) is 9.80 Å². The lowest BCUT2D eigenvalue weighted by atomic mass is 10.0. The average Bonchev–Trinajstić information content (AvgIpc) is 2.76. The van der Waals surface area contributed by atoms with Crippen LogP contribution in [0, 0.1) is 0 Å². The van der Waals surface area contributed by atoms with E-state index in [1.54, 1.807) is 0 Å². The second kappa shape index (κ2) is 11.1. The number of aliphatic hydroxyl groups excluding tert-OH is 1. The summed E-state index contributed by atoms with van der Waals surface area (Å²) in [7, 11) is 1.40. The van der Waals surface area contributed by atoms with Crippen molar-refractivity contribution in [3.8, 4) is 0 Å². The fourth-order valence-electron chi connectivity index (χ4n) is 4.07. The smallest absolute Gasteiger partial charge is 0.337 e. The van der Waals surface area contributed by atoms with E-state index in [4.69, 9.17) is 4.74 Å². The van der Waals surface area contributed by atoms with E-state index in [1.807, 2.05) is 24.3 Å². The van der Waals surface area contributed by atoms with Crippen LogP contribution in [0.5, 0.6) is 0 Å². The molecule has 1 heterocycles. The van der Waals surface area contributed by atoms with Crippen molar-refractivity contribution in [2.24, 2.45) is 0 Å². The molecule has 1 fully saturated rings. The first-order chi connectivity index (χ1) is 14.2. The maximum Gasteiger partial charge on any atom is 0.337 e. The molecule has 156 valence electrons. The monoisotopic (exact) mass is 396 g/mol. The molecule has 5 heteroatoms. The average molecular weight is 397 g/mol. The van der Waals surface area contributed by atoms with Crippen molar-refractivity contribution in [2.75, 3.05) is 39.9 Å². The number of piperazine rings is 1. The maximum atomic E-state index is 11.6. The molecule has 3 rings (SSSR count). The van der Waals surface area contributed by atoms with Crippen molar-refractivity contribution >= 4 is 5.97 Å². The van der Waals surface area contributed by atoms with E-state index in [9.17, 15) is 9.90 Å². The third-order valence-electron chi connectivity index (χ3n) is 5.69. The summed E-state index contributed by atoms with van der Waals surface area (Å²) in [5.74, 6) is -0.302. The Kier molecular flexibility index (Phi) is 8.23. The van der Waals surface area contributed by atoms with Gasteiger partial charge in [-0.3, -0.25) is 9.80 Å². The van der Waals surface area contributed by atoms with Gasteiger partial charge in [0, 0.05) is 38.8 Å². The topological polar surface area (TPSA) is 53.0 Å². The summed E-state index contributed by atoms with van der Waals surface area (Å²) < 4.78 is 4.76. The number of methoxy groups -OCH3 is 1. The number of aliphatic hydroxyl groups is 1. The fraction of sp³-hybridized carbons (Fsp3) is 0.458. The summed E-state index contributed by atoms with van der Waals surface area (Å²) in [5, 5.41) is 9.53. The summed E-state index contributed by atoms with van der Waals surface area (Å²) in [6.07, 6.45) is 3.05. The molecule has 1 atom stereocenters. The zero-order valence-electron chi connectivity index (χ0n) is 17.3. The highest BCUT2D eigenvalue weighted by atomic mass is 16.5. The number of rotatable bonds is 9. The first-order valence-electron chi connectivity index (χ1n) is 10.5. The number of benzene rings is 2. The minimum absolute atomic E-state index is 0.224. The van der Waals surface area contributed by atoms with Gasteiger partial charge in [-0.25, -0.2) is 4.79 Å². The normalized spacial score (nSPS) is 17.9. The highest BCUT2D eigenvalue weighted by Crippen LogP contribution is 2.17. The van der Waals surface area contributed by atoms with Crippen LogP contribution in [0.4, 0.5) is 0 Å². The van der Waals surface area contributed by atoms with E-state index in [0.29, 0.717) is 11.6 Å². The molecule has 0 aliphatic carbocycles. The lowest BCUT2D eigenvalue weighted by Crippen LogP contribution is -2.53. The number of carbonyl (C=O) groups excluding carboxylic acids is 1. The van der Waals surface area contributed by atoms with Gasteiger partial charge in [0.25, 0.3) is 0 Å². The number of hydrogen-bond acceptors (Lipinski definition) is 5. The fourth-order valence-corrected chi connectivity index (χ4v) is 4.07. The van der Waals surface area contributed by atoms with Gasteiger partial charge in [0.2, 0.25) is 0 Å². The second-order valence-electron chi connectivity index (χ2n) is 7.71. The Hall–Kier alpha value is -2.21. The van der Waals surface area contributed by atoms with Crippen molar-refractivity contribution in [3.05, 3.63) is 71.3 Å². The number of nitrogens with zero attached hydrogens (tertiary/aromatic N) is 2. The number of esters is 1. The van der Waals surface area contributed by atoms with E-state index >= 15 is 0 Å². The number of carbonyl (C=O) groups is 1. The van der Waals surface area contributed by atoms with Crippen LogP contribution in [0.15, 0.2) is 54.6 Å². The summed E-state index contributed by atoms with van der Waals surface area (Å²) in [5.41, 5.74) is 3.16. The predicted molar refractivity (Wildman–Crippen MR) is 115 cm³/mol. The van der Waals surface area contributed by atoms with Crippen molar-refractivity contribution in [3.63, 3.8) is 0 Å². The van der Waals surface area contributed by atoms with Gasteiger partial charge in [0.1, 0.15) is 0 Å². The van der Waals surface area contributed by atoms with Gasteiger partial charge in [0.05, 0.1) is 12.7 Å². The van der Waals surface area contributed by atoms with E-state index in [0.717, 1.165) is 52.0 Å². The molecule has 2 aromatic rings. The van der Waals surface area contributed by atoms with Crippen LogP contribution in [0.1, 0.15) is 34.3 Å². The highest BCUT2D eigenvalue weighted by Gasteiger charge is 2.26. The molecule has 0 unspecified atom stereocenters. The third kappa shape index (κ3) is 6.39. The minimum Gasteiger partial charge on any atom is -0.465 e. The zero-order valence-corrected chi connectivity index (χ0v) is 17.3. The molecule has 5 nitrogen and oxygen atoms in total. The lowest BCUT2D eigenvalue weighted by molar-refractivity contribution is 0.0547. The standard InChI is InChI=1S/C24H32N2O3/c1-29-24(28)22-11-9-21(10-12-22)18-25-15-16-26(23(19-25)13-17-27)14-5-8-20-6-3-2-4-7-20/h2-4,6-7,9-12,23,27H,5,8,13-19H2,1H3/t23-/m0/s1. The van der Waals surface area contributed by atoms with Crippen LogP contribution >= 0.6 is 0 Å². The van der Waals surface area contributed by atoms with Gasteiger partial charge >= 0.3 is 5.97 Å². The van der Waals surface area contributed by atoms with Crippen molar-refractivity contribution in [2.45, 2.75) is 31.8 Å². The first-order valence-corrected chi connectivity index (χ1v) is 10.5. The van der Waals surface area contributed by atoms with Crippen LogP contribution in [-0.4, -0.2) is 66.8 Å². The second-order valence-corrected chi connectivity index (χ2v) is 7.71. The molecule has 1 aliphatic heterocycles. The summed E-state index contributed by atoms with van der Waals surface area (Å²) >= 11 is 0. The Balaban J connectivity index is 1.50. The zero-order chi connectivity index (χ0) is 20.5. The minimum atomic E-state index is -0.302. The van der Waals surface area contributed by atoms with E-state index in [2.05, 4.69) is 40.1 Å². The van der Waals surface area contributed by atoms with Gasteiger partial charge in [-0.15, -0.1) is 0 Å². The summed E-state index contributed by atoms with van der Waals surface area (Å²) in [6, 6.07) is 18.7. The van der Waals surface area contributed by atoms with Gasteiger partial charge in [0.15, 0.2) is 0 Å².